The number of aromatic nitrogens is 4. The molecule has 0 radical (unpaired) electrons. The van der Waals surface area contributed by atoms with Crippen LogP contribution in [-0.4, -0.2) is 45.4 Å². The zero-order chi connectivity index (χ0) is 22.8. The van der Waals surface area contributed by atoms with Crippen molar-refractivity contribution < 1.29 is 0 Å². The average molecular weight is 479 g/mol. The van der Waals surface area contributed by atoms with Crippen molar-refractivity contribution in [2.45, 2.75) is 31.8 Å². The van der Waals surface area contributed by atoms with E-state index in [9.17, 15) is 0 Å². The van der Waals surface area contributed by atoms with Crippen LogP contribution in [0.4, 0.5) is 5.82 Å². The monoisotopic (exact) mass is 478 g/mol. The molecule has 3 aromatic heterocycles. The first-order valence-corrected chi connectivity index (χ1v) is 12.0. The summed E-state index contributed by atoms with van der Waals surface area (Å²) in [5.74, 6) is 1.27. The zero-order valence-electron chi connectivity index (χ0n) is 18.5. The quantitative estimate of drug-likeness (QED) is 0.428. The highest BCUT2D eigenvalue weighted by Gasteiger charge is 2.25. The first-order chi connectivity index (χ1) is 16.1. The van der Waals surface area contributed by atoms with Crippen molar-refractivity contribution in [2.24, 2.45) is 0 Å². The molecule has 1 atom stereocenters. The first-order valence-electron chi connectivity index (χ1n) is 11.2. The summed E-state index contributed by atoms with van der Waals surface area (Å²) in [7, 11) is 2.05. The van der Waals surface area contributed by atoms with Crippen LogP contribution in [0.5, 0.6) is 0 Å². The van der Waals surface area contributed by atoms with Crippen LogP contribution in [0.1, 0.15) is 35.6 Å². The van der Waals surface area contributed by atoms with Crippen LogP contribution in [-0.2, 0) is 13.1 Å². The van der Waals surface area contributed by atoms with Gasteiger partial charge in [0.05, 0.1) is 5.69 Å². The molecule has 0 spiro atoms. The summed E-state index contributed by atoms with van der Waals surface area (Å²) in [6, 6.07) is 11.9. The summed E-state index contributed by atoms with van der Waals surface area (Å²) in [5.41, 5.74) is 5.17. The number of rotatable bonds is 6. The third-order valence-electron chi connectivity index (χ3n) is 6.23. The highest BCUT2D eigenvalue weighted by Crippen LogP contribution is 2.31. The second kappa shape index (κ2) is 9.71. The lowest BCUT2D eigenvalue weighted by molar-refractivity contribution is 0.198. The second-order valence-electron chi connectivity index (χ2n) is 8.62. The maximum absolute atomic E-state index is 6.43. The maximum Gasteiger partial charge on any atom is 0.151 e. The van der Waals surface area contributed by atoms with Gasteiger partial charge >= 0.3 is 0 Å². The fourth-order valence-electron chi connectivity index (χ4n) is 4.47. The van der Waals surface area contributed by atoms with E-state index < -0.39 is 0 Å². The molecule has 1 aliphatic heterocycles. The molecule has 5 rings (SSSR count). The number of hydrogen-bond donors (Lipinski definition) is 1. The molecular weight excluding hydrogens is 454 g/mol. The van der Waals surface area contributed by atoms with Crippen molar-refractivity contribution in [2.75, 3.05) is 18.4 Å². The molecule has 6 nitrogen and oxygen atoms in total. The predicted octanol–water partition coefficient (Wildman–Crippen LogP) is 3.68. The zero-order valence-corrected chi connectivity index (χ0v) is 20.0. The average Bonchev–Trinajstić information content (AvgIpc) is 3.21. The number of hydrogen-bond acceptors (Lipinski definition) is 5. The number of nitrogens with one attached hydrogen (secondary N) is 1. The topological polar surface area (TPSA) is 58.4 Å². The van der Waals surface area contributed by atoms with E-state index in [0.29, 0.717) is 12.5 Å². The van der Waals surface area contributed by atoms with Crippen molar-refractivity contribution in [1.29, 1.82) is 0 Å². The molecule has 0 amide bonds. The predicted molar refractivity (Wildman–Crippen MR) is 136 cm³/mol. The molecule has 33 heavy (non-hydrogen) atoms. The van der Waals surface area contributed by atoms with E-state index >= 15 is 0 Å². The Morgan fingerprint density at radius 2 is 1.97 bits per heavy atom. The van der Waals surface area contributed by atoms with Crippen LogP contribution in [0.15, 0.2) is 55.0 Å². The van der Waals surface area contributed by atoms with Gasteiger partial charge in [0, 0.05) is 65.8 Å². The van der Waals surface area contributed by atoms with Crippen molar-refractivity contribution >= 4 is 48.0 Å². The third kappa shape index (κ3) is 4.86. The summed E-state index contributed by atoms with van der Waals surface area (Å²) in [4.78, 5) is 11.7. The van der Waals surface area contributed by atoms with E-state index in [2.05, 4.69) is 40.3 Å². The molecule has 1 N–H and O–H groups in total. The second-order valence-corrected chi connectivity index (χ2v) is 9.43. The third-order valence-corrected chi connectivity index (χ3v) is 6.94. The number of anilines is 1. The molecule has 1 aromatic carbocycles. The Bertz CT molecular complexity index is 1240. The minimum absolute atomic E-state index is 0.332. The van der Waals surface area contributed by atoms with Gasteiger partial charge in [-0.15, -0.1) is 0 Å². The molecule has 0 aliphatic carbocycles. The summed E-state index contributed by atoms with van der Waals surface area (Å²) < 4.78 is 1.89. The normalized spacial score (nSPS) is 16.8. The van der Waals surface area contributed by atoms with Gasteiger partial charge in [-0.2, -0.15) is 9.61 Å². The fraction of sp³-hybridized carbons (Fsp3) is 0.292. The number of benzene rings is 1. The van der Waals surface area contributed by atoms with E-state index in [-0.39, 0.29) is 0 Å². The highest BCUT2D eigenvalue weighted by molar-refractivity contribution is 6.36. The minimum Gasteiger partial charge on any atom is -0.366 e. The van der Waals surface area contributed by atoms with Gasteiger partial charge in [-0.3, -0.25) is 9.88 Å². The minimum atomic E-state index is 0.332. The standard InChI is InChI=1S/C24H25BCl2N6/c25-19-13-30-33-23(29-12-16-4-2-8-28-11-16)10-22(31-24(19)33)17-5-3-9-32(14-17)15-18-20(26)6-1-7-21(18)27/h1-2,4,6-8,10-11,13,17,29H,3,5,9,12,14-15,25H2. The lowest BCUT2D eigenvalue weighted by Crippen LogP contribution is -2.34. The molecule has 1 aliphatic rings. The van der Waals surface area contributed by atoms with Crippen molar-refractivity contribution in [3.05, 3.63) is 81.9 Å². The van der Waals surface area contributed by atoms with Crippen LogP contribution in [0.3, 0.4) is 0 Å². The van der Waals surface area contributed by atoms with E-state index in [1.165, 1.54) is 0 Å². The van der Waals surface area contributed by atoms with Gasteiger partial charge in [0.15, 0.2) is 5.65 Å². The molecule has 0 saturated carbocycles. The SMILES string of the molecule is Bc1cnn2c(NCc3cccnc3)cc(C3CCCN(Cc4c(Cl)cccc4Cl)C3)nc12. The molecule has 1 unspecified atom stereocenters. The highest BCUT2D eigenvalue weighted by atomic mass is 35.5. The lowest BCUT2D eigenvalue weighted by Gasteiger charge is -2.33. The van der Waals surface area contributed by atoms with Crippen LogP contribution < -0.4 is 10.8 Å². The summed E-state index contributed by atoms with van der Waals surface area (Å²) in [6.07, 6.45) is 7.74. The Labute approximate surface area is 204 Å². The number of fused-ring (bicyclic) bond motifs is 1. The smallest absolute Gasteiger partial charge is 0.151 e. The summed E-state index contributed by atoms with van der Waals surface area (Å²) >= 11 is 12.9. The van der Waals surface area contributed by atoms with Crippen LogP contribution >= 0.6 is 23.2 Å². The summed E-state index contributed by atoms with van der Waals surface area (Å²) in [5, 5.41) is 9.52. The molecule has 1 fully saturated rings. The van der Waals surface area contributed by atoms with Crippen LogP contribution in [0.25, 0.3) is 5.65 Å². The Morgan fingerprint density at radius 1 is 1.12 bits per heavy atom. The van der Waals surface area contributed by atoms with E-state index in [0.717, 1.165) is 76.3 Å². The Balaban J connectivity index is 1.39. The molecule has 9 heteroatoms. The Hall–Kier alpha value is -2.61. The van der Waals surface area contributed by atoms with Crippen molar-refractivity contribution in [1.82, 2.24) is 24.5 Å². The number of pyridine rings is 1. The molecule has 4 aromatic rings. The first kappa shape index (κ1) is 22.2. The summed E-state index contributed by atoms with van der Waals surface area (Å²) in [6.45, 7) is 3.36. The van der Waals surface area contributed by atoms with Gasteiger partial charge < -0.3 is 5.32 Å². The van der Waals surface area contributed by atoms with Crippen LogP contribution in [0, 0.1) is 0 Å². The van der Waals surface area contributed by atoms with E-state index in [1.54, 1.807) is 6.20 Å². The van der Waals surface area contributed by atoms with Gasteiger partial charge in [-0.25, -0.2) is 4.98 Å². The van der Waals surface area contributed by atoms with E-state index in [1.807, 2.05) is 41.2 Å². The number of nitrogens with zero attached hydrogens (tertiary/aromatic N) is 5. The van der Waals surface area contributed by atoms with Crippen molar-refractivity contribution in [3.63, 3.8) is 0 Å². The maximum atomic E-state index is 6.43. The molecule has 0 bridgehead atoms. The molecule has 4 heterocycles. The van der Waals surface area contributed by atoms with Gasteiger partial charge in [0.25, 0.3) is 0 Å². The lowest BCUT2D eigenvalue weighted by atomic mass is 9.93. The van der Waals surface area contributed by atoms with Gasteiger partial charge in [-0.1, -0.05) is 35.3 Å². The fourth-order valence-corrected chi connectivity index (χ4v) is 4.99. The van der Waals surface area contributed by atoms with Crippen LogP contribution in [0.2, 0.25) is 10.0 Å². The number of piperidine rings is 1. The number of halogens is 2. The Kier molecular flexibility index (Phi) is 6.53. The van der Waals surface area contributed by atoms with Gasteiger partial charge in [-0.05, 0) is 48.6 Å². The van der Waals surface area contributed by atoms with Gasteiger partial charge in [0.1, 0.15) is 13.7 Å². The number of likely N-dealkylation sites (tertiary alicyclic amines) is 1. The molecular formula is C24H25BCl2N6. The van der Waals surface area contributed by atoms with E-state index in [4.69, 9.17) is 28.2 Å². The molecule has 1 saturated heterocycles. The molecule has 168 valence electrons. The largest absolute Gasteiger partial charge is 0.366 e. The Morgan fingerprint density at radius 3 is 2.76 bits per heavy atom. The van der Waals surface area contributed by atoms with Gasteiger partial charge in [0.2, 0.25) is 0 Å². The van der Waals surface area contributed by atoms with Crippen molar-refractivity contribution in [3.8, 4) is 0 Å².